The first-order valence-corrected chi connectivity index (χ1v) is 10.1. The number of aromatic nitrogens is 4. The van der Waals surface area contributed by atoms with E-state index in [0.717, 1.165) is 17.0 Å². The number of ether oxygens (including phenoxy) is 1. The summed E-state index contributed by atoms with van der Waals surface area (Å²) in [6.45, 7) is 0.528. The van der Waals surface area contributed by atoms with Crippen LogP contribution < -0.4 is 10.1 Å². The molecule has 1 amide bonds. The lowest BCUT2D eigenvalue weighted by Crippen LogP contribution is -2.35. The van der Waals surface area contributed by atoms with Crippen molar-refractivity contribution in [3.8, 4) is 11.4 Å². The Morgan fingerprint density at radius 1 is 1.17 bits per heavy atom. The van der Waals surface area contributed by atoms with Gasteiger partial charge in [-0.05, 0) is 54.4 Å². The third-order valence-corrected chi connectivity index (χ3v) is 5.31. The molecule has 0 saturated carbocycles. The van der Waals surface area contributed by atoms with Crippen LogP contribution in [-0.2, 0) is 4.79 Å². The Hall–Kier alpha value is -2.91. The van der Waals surface area contributed by atoms with Crippen molar-refractivity contribution in [3.63, 3.8) is 0 Å². The predicted octanol–water partition coefficient (Wildman–Crippen LogP) is 2.18. The van der Waals surface area contributed by atoms with Gasteiger partial charge in [0, 0.05) is 6.54 Å². The number of thioether (sulfide) groups is 1. The first-order chi connectivity index (χ1) is 14.1. The second-order valence-corrected chi connectivity index (χ2v) is 7.50. The van der Waals surface area contributed by atoms with Gasteiger partial charge in [0.1, 0.15) is 5.75 Å². The van der Waals surface area contributed by atoms with E-state index >= 15 is 0 Å². The molecule has 1 aromatic heterocycles. The van der Waals surface area contributed by atoms with E-state index in [-0.39, 0.29) is 17.7 Å². The molecule has 0 aliphatic heterocycles. The highest BCUT2D eigenvalue weighted by Gasteiger charge is 2.16. The van der Waals surface area contributed by atoms with Crippen molar-refractivity contribution in [2.45, 2.75) is 11.2 Å². The Kier molecular flexibility index (Phi) is 7.20. The summed E-state index contributed by atoms with van der Waals surface area (Å²) in [4.78, 5) is 14.5. The second-order valence-electron chi connectivity index (χ2n) is 6.55. The fourth-order valence-corrected chi connectivity index (χ4v) is 3.54. The van der Waals surface area contributed by atoms with E-state index in [9.17, 15) is 4.79 Å². The average Bonchev–Trinajstić information content (AvgIpc) is 3.21. The lowest BCUT2D eigenvalue weighted by Gasteiger charge is -2.25. The summed E-state index contributed by atoms with van der Waals surface area (Å²) < 4.78 is 6.77. The Balaban J connectivity index is 1.56. The van der Waals surface area contributed by atoms with Crippen molar-refractivity contribution >= 4 is 17.7 Å². The SMILES string of the molecule is COc1ccc(-n2nnnc2SCC(=O)NC[C@H](c2ccccc2)N(C)C)cc1. The standard InChI is InChI=1S/C20H24N6O2S/c1-25(2)18(15-7-5-4-6-8-15)13-21-19(27)14-29-20-22-23-24-26(20)16-9-11-17(28-3)12-10-16/h4-12,18H,13-14H2,1-3H3,(H,21,27)/t18-/m1/s1. The topological polar surface area (TPSA) is 85.2 Å². The summed E-state index contributed by atoms with van der Waals surface area (Å²) in [5.74, 6) is 0.914. The number of benzene rings is 2. The van der Waals surface area contributed by atoms with Crippen LogP contribution in [0.4, 0.5) is 0 Å². The predicted molar refractivity (Wildman–Crippen MR) is 112 cm³/mol. The number of tetrazole rings is 1. The molecule has 3 rings (SSSR count). The smallest absolute Gasteiger partial charge is 0.230 e. The fraction of sp³-hybridized carbons (Fsp3) is 0.300. The molecule has 0 unspecified atom stereocenters. The van der Waals surface area contributed by atoms with Gasteiger partial charge < -0.3 is 15.0 Å². The molecule has 0 aliphatic rings. The van der Waals surface area contributed by atoms with Crippen LogP contribution in [0.2, 0.25) is 0 Å². The van der Waals surface area contributed by atoms with E-state index in [2.05, 4.69) is 37.9 Å². The minimum Gasteiger partial charge on any atom is -0.497 e. The molecule has 0 saturated heterocycles. The number of carbonyl (C=O) groups excluding carboxylic acids is 1. The number of methoxy groups -OCH3 is 1. The van der Waals surface area contributed by atoms with Gasteiger partial charge in [0.15, 0.2) is 0 Å². The van der Waals surface area contributed by atoms with Crippen LogP contribution in [-0.4, -0.2) is 64.5 Å². The Morgan fingerprint density at radius 2 is 1.90 bits per heavy atom. The number of nitrogens with zero attached hydrogens (tertiary/aromatic N) is 5. The summed E-state index contributed by atoms with van der Waals surface area (Å²) >= 11 is 1.29. The number of likely N-dealkylation sites (N-methyl/N-ethyl adjacent to an activating group) is 1. The number of amides is 1. The van der Waals surface area contributed by atoms with Gasteiger partial charge in [-0.2, -0.15) is 4.68 Å². The van der Waals surface area contributed by atoms with E-state index in [4.69, 9.17) is 4.74 Å². The normalized spacial score (nSPS) is 12.0. The van der Waals surface area contributed by atoms with Crippen LogP contribution in [0.1, 0.15) is 11.6 Å². The van der Waals surface area contributed by atoms with Crippen LogP contribution in [0.5, 0.6) is 5.75 Å². The first kappa shape index (κ1) is 20.8. The quantitative estimate of drug-likeness (QED) is 0.539. The molecule has 1 atom stereocenters. The maximum Gasteiger partial charge on any atom is 0.230 e. The zero-order chi connectivity index (χ0) is 20.6. The summed E-state index contributed by atoms with van der Waals surface area (Å²) in [6, 6.07) is 17.6. The fourth-order valence-electron chi connectivity index (χ4n) is 2.82. The van der Waals surface area contributed by atoms with Gasteiger partial charge in [-0.25, -0.2) is 0 Å². The van der Waals surface area contributed by atoms with Gasteiger partial charge in [-0.15, -0.1) is 5.10 Å². The Labute approximate surface area is 174 Å². The van der Waals surface area contributed by atoms with Gasteiger partial charge in [-0.3, -0.25) is 4.79 Å². The average molecular weight is 413 g/mol. The van der Waals surface area contributed by atoms with Crippen molar-refractivity contribution in [2.24, 2.45) is 0 Å². The maximum atomic E-state index is 12.4. The minimum absolute atomic E-state index is 0.0675. The van der Waals surface area contributed by atoms with Crippen molar-refractivity contribution in [1.29, 1.82) is 0 Å². The van der Waals surface area contributed by atoms with Gasteiger partial charge in [0.2, 0.25) is 11.1 Å². The third-order valence-electron chi connectivity index (χ3n) is 4.39. The molecule has 1 heterocycles. The van der Waals surface area contributed by atoms with Crippen LogP contribution in [0.3, 0.4) is 0 Å². The third kappa shape index (κ3) is 5.55. The number of rotatable bonds is 9. The highest BCUT2D eigenvalue weighted by molar-refractivity contribution is 7.99. The Bertz CT molecular complexity index is 914. The van der Waals surface area contributed by atoms with Crippen LogP contribution in [0.15, 0.2) is 59.8 Å². The molecule has 8 nitrogen and oxygen atoms in total. The van der Waals surface area contributed by atoms with Crippen LogP contribution >= 0.6 is 11.8 Å². The van der Waals surface area contributed by atoms with Crippen LogP contribution in [0, 0.1) is 0 Å². The summed E-state index contributed by atoms with van der Waals surface area (Å²) in [6.07, 6.45) is 0. The summed E-state index contributed by atoms with van der Waals surface area (Å²) in [5, 5.41) is 15.3. The molecule has 152 valence electrons. The molecule has 3 aromatic rings. The Morgan fingerprint density at radius 3 is 2.55 bits per heavy atom. The molecule has 0 radical (unpaired) electrons. The molecule has 29 heavy (non-hydrogen) atoms. The van der Waals surface area contributed by atoms with Crippen molar-refractivity contribution in [1.82, 2.24) is 30.4 Å². The molecule has 0 fully saturated rings. The molecule has 0 aliphatic carbocycles. The molecule has 1 N–H and O–H groups in total. The largest absolute Gasteiger partial charge is 0.497 e. The number of hydrogen-bond acceptors (Lipinski definition) is 7. The lowest BCUT2D eigenvalue weighted by molar-refractivity contribution is -0.118. The maximum absolute atomic E-state index is 12.4. The van der Waals surface area contributed by atoms with E-state index in [1.165, 1.54) is 11.8 Å². The van der Waals surface area contributed by atoms with Crippen LogP contribution in [0.25, 0.3) is 5.69 Å². The number of hydrogen-bond donors (Lipinski definition) is 1. The van der Waals surface area contributed by atoms with E-state index in [1.54, 1.807) is 11.8 Å². The second kappa shape index (κ2) is 10.0. The molecule has 0 bridgehead atoms. The lowest BCUT2D eigenvalue weighted by atomic mass is 10.1. The highest BCUT2D eigenvalue weighted by Crippen LogP contribution is 2.20. The van der Waals surface area contributed by atoms with Gasteiger partial charge in [0.25, 0.3) is 0 Å². The monoisotopic (exact) mass is 412 g/mol. The highest BCUT2D eigenvalue weighted by atomic mass is 32.2. The van der Waals surface area contributed by atoms with Gasteiger partial charge in [0.05, 0.1) is 24.6 Å². The van der Waals surface area contributed by atoms with Gasteiger partial charge >= 0.3 is 0 Å². The van der Waals surface area contributed by atoms with Crippen molar-refractivity contribution < 1.29 is 9.53 Å². The summed E-state index contributed by atoms with van der Waals surface area (Å²) in [7, 11) is 5.62. The molecule has 2 aromatic carbocycles. The van der Waals surface area contributed by atoms with Crippen molar-refractivity contribution in [2.75, 3.05) is 33.5 Å². The van der Waals surface area contributed by atoms with Crippen molar-refractivity contribution in [3.05, 3.63) is 60.2 Å². The first-order valence-electron chi connectivity index (χ1n) is 9.12. The van der Waals surface area contributed by atoms with Gasteiger partial charge in [-0.1, -0.05) is 42.1 Å². The van der Waals surface area contributed by atoms with E-state index in [1.807, 2.05) is 56.6 Å². The molecular weight excluding hydrogens is 388 g/mol. The summed E-state index contributed by atoms with van der Waals surface area (Å²) in [5.41, 5.74) is 1.96. The number of nitrogens with one attached hydrogen (secondary N) is 1. The molecular formula is C20H24N6O2S. The number of carbonyl (C=O) groups is 1. The van der Waals surface area contributed by atoms with E-state index < -0.39 is 0 Å². The zero-order valence-corrected chi connectivity index (χ0v) is 17.5. The minimum atomic E-state index is -0.0675. The molecule has 0 spiro atoms. The van der Waals surface area contributed by atoms with E-state index in [0.29, 0.717) is 11.7 Å². The molecule has 9 heteroatoms. The zero-order valence-electron chi connectivity index (χ0n) is 16.6.